The molecule has 1 saturated heterocycles. The first-order chi connectivity index (χ1) is 9.19. The standard InChI is InChI=1S/C14H20N2O3/c17-10-9-15-5-7-16(8-6-15)14(19)11-12-1-3-13(18)4-2-12/h1-4,17-18H,5-11H2. The van der Waals surface area contributed by atoms with Gasteiger partial charge in [0.25, 0.3) is 0 Å². The van der Waals surface area contributed by atoms with E-state index in [1.807, 2.05) is 4.90 Å². The van der Waals surface area contributed by atoms with E-state index in [-0.39, 0.29) is 18.3 Å². The smallest absolute Gasteiger partial charge is 0.227 e. The number of nitrogens with zero attached hydrogens (tertiary/aromatic N) is 2. The molecule has 0 aromatic heterocycles. The molecule has 0 radical (unpaired) electrons. The lowest BCUT2D eigenvalue weighted by molar-refractivity contribution is -0.132. The predicted molar refractivity (Wildman–Crippen MR) is 71.9 cm³/mol. The SMILES string of the molecule is O=C(Cc1ccc(O)cc1)N1CCN(CCO)CC1. The van der Waals surface area contributed by atoms with Gasteiger partial charge < -0.3 is 15.1 Å². The molecule has 0 spiro atoms. The van der Waals surface area contributed by atoms with Crippen molar-refractivity contribution >= 4 is 5.91 Å². The third-order valence-corrected chi connectivity index (χ3v) is 3.43. The Labute approximate surface area is 113 Å². The van der Waals surface area contributed by atoms with Crippen molar-refractivity contribution in [2.24, 2.45) is 0 Å². The molecule has 0 saturated carbocycles. The van der Waals surface area contributed by atoms with Crippen molar-refractivity contribution in [3.63, 3.8) is 0 Å². The summed E-state index contributed by atoms with van der Waals surface area (Å²) in [5.41, 5.74) is 0.917. The maximum absolute atomic E-state index is 12.1. The number of phenols is 1. The second kappa shape index (κ2) is 6.54. The van der Waals surface area contributed by atoms with Crippen LogP contribution in [0.25, 0.3) is 0 Å². The lowest BCUT2D eigenvalue weighted by atomic mass is 10.1. The Morgan fingerprint density at radius 2 is 1.74 bits per heavy atom. The van der Waals surface area contributed by atoms with Gasteiger partial charge in [-0.05, 0) is 17.7 Å². The molecule has 1 aliphatic rings. The van der Waals surface area contributed by atoms with Crippen LogP contribution in [0.15, 0.2) is 24.3 Å². The van der Waals surface area contributed by atoms with E-state index in [4.69, 9.17) is 5.11 Å². The van der Waals surface area contributed by atoms with Crippen LogP contribution in [0.4, 0.5) is 0 Å². The van der Waals surface area contributed by atoms with Gasteiger partial charge in [0.05, 0.1) is 13.0 Å². The van der Waals surface area contributed by atoms with Crippen LogP contribution in [0, 0.1) is 0 Å². The molecule has 104 valence electrons. The van der Waals surface area contributed by atoms with Gasteiger partial charge in [-0.25, -0.2) is 0 Å². The van der Waals surface area contributed by atoms with E-state index < -0.39 is 0 Å². The van der Waals surface area contributed by atoms with Gasteiger partial charge in [0.2, 0.25) is 5.91 Å². The number of β-amino-alcohol motifs (C(OH)–C–C–N with tert-alkyl or cyclic N) is 1. The van der Waals surface area contributed by atoms with Crippen molar-refractivity contribution in [2.75, 3.05) is 39.3 Å². The number of aliphatic hydroxyl groups excluding tert-OH is 1. The first-order valence-electron chi connectivity index (χ1n) is 6.58. The zero-order chi connectivity index (χ0) is 13.7. The summed E-state index contributed by atoms with van der Waals surface area (Å²) in [6.07, 6.45) is 0.375. The van der Waals surface area contributed by atoms with Crippen molar-refractivity contribution in [1.29, 1.82) is 0 Å². The third kappa shape index (κ3) is 3.94. The molecular weight excluding hydrogens is 244 g/mol. The topological polar surface area (TPSA) is 64.0 Å². The lowest BCUT2D eigenvalue weighted by Crippen LogP contribution is -2.49. The molecule has 1 fully saturated rings. The number of hydrogen-bond donors (Lipinski definition) is 2. The number of rotatable bonds is 4. The lowest BCUT2D eigenvalue weighted by Gasteiger charge is -2.34. The molecule has 1 aromatic carbocycles. The summed E-state index contributed by atoms with van der Waals surface area (Å²) >= 11 is 0. The Bertz CT molecular complexity index is 411. The van der Waals surface area contributed by atoms with Gasteiger partial charge in [-0.2, -0.15) is 0 Å². The van der Waals surface area contributed by atoms with Crippen molar-refractivity contribution in [3.05, 3.63) is 29.8 Å². The molecule has 2 N–H and O–H groups in total. The quantitative estimate of drug-likeness (QED) is 0.808. The Kier molecular flexibility index (Phi) is 4.76. The molecule has 0 bridgehead atoms. The summed E-state index contributed by atoms with van der Waals surface area (Å²) < 4.78 is 0. The number of carbonyl (C=O) groups is 1. The molecule has 1 aromatic rings. The minimum atomic E-state index is 0.120. The summed E-state index contributed by atoms with van der Waals surface area (Å²) in [5.74, 6) is 0.336. The van der Waals surface area contributed by atoms with Crippen LogP contribution in [0.5, 0.6) is 5.75 Å². The molecule has 1 heterocycles. The van der Waals surface area contributed by atoms with Gasteiger partial charge in [0.15, 0.2) is 0 Å². The van der Waals surface area contributed by atoms with Crippen LogP contribution in [-0.4, -0.2) is 65.3 Å². The highest BCUT2D eigenvalue weighted by molar-refractivity contribution is 5.78. The summed E-state index contributed by atoms with van der Waals surface area (Å²) in [5, 5.41) is 18.1. The molecule has 5 nitrogen and oxygen atoms in total. The molecule has 19 heavy (non-hydrogen) atoms. The first-order valence-corrected chi connectivity index (χ1v) is 6.58. The first kappa shape index (κ1) is 13.8. The summed E-state index contributed by atoms with van der Waals surface area (Å²) in [6.45, 7) is 3.93. The number of phenolic OH excluding ortho intramolecular Hbond substituents is 1. The minimum absolute atomic E-state index is 0.120. The summed E-state index contributed by atoms with van der Waals surface area (Å²) in [7, 11) is 0. The zero-order valence-corrected chi connectivity index (χ0v) is 11.0. The van der Waals surface area contributed by atoms with E-state index in [0.29, 0.717) is 13.0 Å². The van der Waals surface area contributed by atoms with E-state index in [1.165, 1.54) is 0 Å². The van der Waals surface area contributed by atoms with Gasteiger partial charge >= 0.3 is 0 Å². The third-order valence-electron chi connectivity index (χ3n) is 3.43. The average Bonchev–Trinajstić information content (AvgIpc) is 2.42. The molecule has 0 aliphatic carbocycles. The number of aliphatic hydroxyl groups is 1. The zero-order valence-electron chi connectivity index (χ0n) is 11.0. The van der Waals surface area contributed by atoms with Crippen LogP contribution in [0.3, 0.4) is 0 Å². The monoisotopic (exact) mass is 264 g/mol. The molecular formula is C14H20N2O3. The van der Waals surface area contributed by atoms with Crippen LogP contribution >= 0.6 is 0 Å². The van der Waals surface area contributed by atoms with Gasteiger partial charge in [0, 0.05) is 32.7 Å². The molecule has 1 aliphatic heterocycles. The fraction of sp³-hybridized carbons (Fsp3) is 0.500. The van der Waals surface area contributed by atoms with Crippen molar-refractivity contribution in [2.45, 2.75) is 6.42 Å². The molecule has 1 amide bonds. The molecule has 0 atom stereocenters. The summed E-state index contributed by atoms with van der Waals surface area (Å²) in [4.78, 5) is 16.1. The van der Waals surface area contributed by atoms with E-state index in [2.05, 4.69) is 4.90 Å². The fourth-order valence-electron chi connectivity index (χ4n) is 2.26. The van der Waals surface area contributed by atoms with Crippen LogP contribution < -0.4 is 0 Å². The van der Waals surface area contributed by atoms with Crippen molar-refractivity contribution in [1.82, 2.24) is 9.80 Å². The number of hydrogen-bond acceptors (Lipinski definition) is 4. The largest absolute Gasteiger partial charge is 0.508 e. The molecule has 5 heteroatoms. The van der Waals surface area contributed by atoms with Crippen molar-refractivity contribution in [3.8, 4) is 5.75 Å². The normalized spacial score (nSPS) is 16.6. The highest BCUT2D eigenvalue weighted by atomic mass is 16.3. The van der Waals surface area contributed by atoms with E-state index >= 15 is 0 Å². The van der Waals surface area contributed by atoms with E-state index in [1.54, 1.807) is 24.3 Å². The second-order valence-electron chi connectivity index (χ2n) is 4.79. The maximum atomic E-state index is 12.1. The molecule has 2 rings (SSSR count). The predicted octanol–water partition coefficient (Wildman–Crippen LogP) is 0.0712. The van der Waals surface area contributed by atoms with Gasteiger partial charge in [-0.3, -0.25) is 9.69 Å². The van der Waals surface area contributed by atoms with E-state index in [0.717, 1.165) is 31.7 Å². The van der Waals surface area contributed by atoms with E-state index in [9.17, 15) is 9.90 Å². The van der Waals surface area contributed by atoms with Crippen molar-refractivity contribution < 1.29 is 15.0 Å². The minimum Gasteiger partial charge on any atom is -0.508 e. The number of amides is 1. The van der Waals surface area contributed by atoms with Crippen LogP contribution in [0.2, 0.25) is 0 Å². The second-order valence-corrected chi connectivity index (χ2v) is 4.79. The summed E-state index contributed by atoms with van der Waals surface area (Å²) in [6, 6.07) is 6.74. The van der Waals surface area contributed by atoms with Gasteiger partial charge in [-0.1, -0.05) is 12.1 Å². The van der Waals surface area contributed by atoms with Crippen LogP contribution in [-0.2, 0) is 11.2 Å². The number of aromatic hydroxyl groups is 1. The van der Waals surface area contributed by atoms with Crippen LogP contribution in [0.1, 0.15) is 5.56 Å². The Hall–Kier alpha value is -1.59. The fourth-order valence-corrected chi connectivity index (χ4v) is 2.26. The highest BCUT2D eigenvalue weighted by Crippen LogP contribution is 2.11. The Morgan fingerprint density at radius 3 is 2.32 bits per heavy atom. The molecule has 0 unspecified atom stereocenters. The number of benzene rings is 1. The van der Waals surface area contributed by atoms with Gasteiger partial charge in [0.1, 0.15) is 5.75 Å². The average molecular weight is 264 g/mol. The maximum Gasteiger partial charge on any atom is 0.227 e. The number of piperazine rings is 1. The Balaban J connectivity index is 1.83. The highest BCUT2D eigenvalue weighted by Gasteiger charge is 2.20. The number of carbonyl (C=O) groups excluding carboxylic acids is 1. The Morgan fingerprint density at radius 1 is 1.11 bits per heavy atom. The van der Waals surface area contributed by atoms with Gasteiger partial charge in [-0.15, -0.1) is 0 Å².